The molecule has 0 unspecified atom stereocenters. The standard InChI is InChI=1S/C18H39N.C2H5N/c1-2-3-4-5-6-7-8-9-10-11-12-13-14-15-16-17-18-19;1-2-3-1/h2-19H2,1H3;3H,1-2H2. The Hall–Kier alpha value is -0.0800. The molecule has 0 aliphatic carbocycles. The Kier molecular flexibility index (Phi) is 20.8. The van der Waals surface area contributed by atoms with Gasteiger partial charge in [0.15, 0.2) is 0 Å². The van der Waals surface area contributed by atoms with Crippen molar-refractivity contribution in [2.45, 2.75) is 110 Å². The zero-order chi connectivity index (χ0) is 16.1. The zero-order valence-electron chi connectivity index (χ0n) is 15.5. The van der Waals surface area contributed by atoms with Crippen LogP contribution in [0.15, 0.2) is 0 Å². The van der Waals surface area contributed by atoms with Crippen LogP contribution in [0.25, 0.3) is 0 Å². The number of hydrogen-bond donors (Lipinski definition) is 2. The van der Waals surface area contributed by atoms with Crippen molar-refractivity contribution in [1.29, 1.82) is 0 Å². The maximum Gasteiger partial charge on any atom is 0.00772 e. The van der Waals surface area contributed by atoms with Gasteiger partial charge in [-0.05, 0) is 13.0 Å². The molecule has 0 spiro atoms. The minimum atomic E-state index is 0.873. The largest absolute Gasteiger partial charge is 0.330 e. The molecule has 1 saturated heterocycles. The van der Waals surface area contributed by atoms with E-state index < -0.39 is 0 Å². The van der Waals surface area contributed by atoms with Crippen molar-refractivity contribution in [1.82, 2.24) is 5.32 Å². The van der Waals surface area contributed by atoms with Crippen LogP contribution in [0.5, 0.6) is 0 Å². The van der Waals surface area contributed by atoms with Crippen LogP contribution < -0.4 is 11.1 Å². The summed E-state index contributed by atoms with van der Waals surface area (Å²) in [6.07, 6.45) is 22.9. The zero-order valence-corrected chi connectivity index (χ0v) is 15.5. The molecule has 1 rings (SSSR count). The minimum absolute atomic E-state index is 0.873. The fourth-order valence-corrected chi connectivity index (χ4v) is 2.69. The third kappa shape index (κ3) is 24.9. The third-order valence-corrected chi connectivity index (χ3v) is 4.31. The Labute approximate surface area is 141 Å². The topological polar surface area (TPSA) is 48.0 Å². The molecule has 1 aliphatic rings. The van der Waals surface area contributed by atoms with Gasteiger partial charge in [-0.2, -0.15) is 0 Å². The molecule has 0 atom stereocenters. The molecular weight excluding hydrogens is 268 g/mol. The molecule has 1 aliphatic heterocycles. The second-order valence-electron chi connectivity index (χ2n) is 6.84. The number of hydrogen-bond acceptors (Lipinski definition) is 2. The van der Waals surface area contributed by atoms with Gasteiger partial charge in [-0.25, -0.2) is 0 Å². The van der Waals surface area contributed by atoms with Gasteiger partial charge in [0.1, 0.15) is 0 Å². The molecule has 134 valence electrons. The van der Waals surface area contributed by atoms with Crippen molar-refractivity contribution >= 4 is 0 Å². The summed E-state index contributed by atoms with van der Waals surface area (Å²) in [5.41, 5.74) is 5.48. The lowest BCUT2D eigenvalue weighted by atomic mass is 10.0. The van der Waals surface area contributed by atoms with Crippen molar-refractivity contribution in [2.75, 3.05) is 19.6 Å². The Morgan fingerprint density at radius 2 is 0.818 bits per heavy atom. The van der Waals surface area contributed by atoms with Gasteiger partial charge < -0.3 is 11.1 Å². The van der Waals surface area contributed by atoms with Crippen LogP contribution in [0.2, 0.25) is 0 Å². The molecule has 0 amide bonds. The minimum Gasteiger partial charge on any atom is -0.330 e. The van der Waals surface area contributed by atoms with Crippen LogP contribution in [0.3, 0.4) is 0 Å². The fraction of sp³-hybridized carbons (Fsp3) is 1.00. The van der Waals surface area contributed by atoms with Crippen LogP contribution in [0.1, 0.15) is 110 Å². The van der Waals surface area contributed by atoms with Crippen LogP contribution in [0.4, 0.5) is 0 Å². The predicted octanol–water partition coefficient (Wildman–Crippen LogP) is 5.80. The molecule has 0 aromatic heterocycles. The summed E-state index contributed by atoms with van der Waals surface area (Å²) in [4.78, 5) is 0. The number of nitrogens with two attached hydrogens (primary N) is 1. The van der Waals surface area contributed by atoms with Gasteiger partial charge in [0.2, 0.25) is 0 Å². The maximum atomic E-state index is 5.48. The summed E-state index contributed by atoms with van der Waals surface area (Å²) in [5.74, 6) is 0. The van der Waals surface area contributed by atoms with Gasteiger partial charge in [0.05, 0.1) is 0 Å². The molecular formula is C20H44N2. The van der Waals surface area contributed by atoms with Gasteiger partial charge in [-0.1, -0.05) is 103 Å². The molecule has 0 aromatic carbocycles. The van der Waals surface area contributed by atoms with Gasteiger partial charge in [0.25, 0.3) is 0 Å². The second-order valence-corrected chi connectivity index (χ2v) is 6.84. The Balaban J connectivity index is 0.00000129. The van der Waals surface area contributed by atoms with Crippen LogP contribution in [-0.4, -0.2) is 19.6 Å². The number of rotatable bonds is 16. The molecule has 22 heavy (non-hydrogen) atoms. The Morgan fingerprint density at radius 1 is 0.545 bits per heavy atom. The summed E-state index contributed by atoms with van der Waals surface area (Å²) < 4.78 is 0. The van der Waals surface area contributed by atoms with E-state index in [9.17, 15) is 0 Å². The van der Waals surface area contributed by atoms with E-state index >= 15 is 0 Å². The van der Waals surface area contributed by atoms with E-state index in [1.165, 1.54) is 116 Å². The molecule has 1 heterocycles. The lowest BCUT2D eigenvalue weighted by Crippen LogP contribution is -1.97. The average Bonchev–Trinajstić information content (AvgIpc) is 3.40. The lowest BCUT2D eigenvalue weighted by molar-refractivity contribution is 0.530. The molecule has 3 N–H and O–H groups in total. The molecule has 0 aromatic rings. The SMILES string of the molecule is C1CN1.CCCCCCCCCCCCCCCCCCN. The monoisotopic (exact) mass is 312 g/mol. The van der Waals surface area contributed by atoms with Crippen LogP contribution in [0, 0.1) is 0 Å². The van der Waals surface area contributed by atoms with Crippen molar-refractivity contribution in [3.63, 3.8) is 0 Å². The highest BCUT2D eigenvalue weighted by atomic mass is 15.0. The van der Waals surface area contributed by atoms with E-state index in [4.69, 9.17) is 5.73 Å². The van der Waals surface area contributed by atoms with Gasteiger partial charge in [-0.15, -0.1) is 0 Å². The molecule has 2 nitrogen and oxygen atoms in total. The first-order valence-corrected chi connectivity index (χ1v) is 10.3. The van der Waals surface area contributed by atoms with Crippen molar-refractivity contribution in [3.8, 4) is 0 Å². The highest BCUT2D eigenvalue weighted by Gasteiger charge is 1.94. The first-order valence-electron chi connectivity index (χ1n) is 10.3. The molecule has 0 radical (unpaired) electrons. The molecule has 0 saturated carbocycles. The van der Waals surface area contributed by atoms with E-state index in [0.717, 1.165) is 6.54 Å². The fourth-order valence-electron chi connectivity index (χ4n) is 2.69. The molecule has 2 heteroatoms. The third-order valence-electron chi connectivity index (χ3n) is 4.31. The first-order chi connectivity index (χ1) is 10.9. The maximum absolute atomic E-state index is 5.48. The van der Waals surface area contributed by atoms with E-state index in [-0.39, 0.29) is 0 Å². The van der Waals surface area contributed by atoms with E-state index in [0.29, 0.717) is 0 Å². The summed E-state index contributed by atoms with van der Waals surface area (Å²) in [5, 5.41) is 3.00. The molecule has 1 fully saturated rings. The predicted molar refractivity (Wildman–Crippen MR) is 101 cm³/mol. The van der Waals surface area contributed by atoms with Gasteiger partial charge >= 0.3 is 0 Å². The van der Waals surface area contributed by atoms with Crippen LogP contribution >= 0.6 is 0 Å². The first kappa shape index (κ1) is 21.9. The normalized spacial score (nSPS) is 12.8. The van der Waals surface area contributed by atoms with E-state index in [1.807, 2.05) is 0 Å². The highest BCUT2D eigenvalue weighted by Crippen LogP contribution is 2.13. The van der Waals surface area contributed by atoms with E-state index in [1.54, 1.807) is 0 Å². The Morgan fingerprint density at radius 3 is 1.05 bits per heavy atom. The van der Waals surface area contributed by atoms with Crippen molar-refractivity contribution in [2.24, 2.45) is 5.73 Å². The molecule has 0 bridgehead atoms. The van der Waals surface area contributed by atoms with Crippen molar-refractivity contribution in [3.05, 3.63) is 0 Å². The van der Waals surface area contributed by atoms with Crippen LogP contribution in [-0.2, 0) is 0 Å². The number of unbranched alkanes of at least 4 members (excludes halogenated alkanes) is 15. The average molecular weight is 313 g/mol. The van der Waals surface area contributed by atoms with Gasteiger partial charge in [-0.3, -0.25) is 0 Å². The smallest absolute Gasteiger partial charge is 0.00772 e. The lowest BCUT2D eigenvalue weighted by Gasteiger charge is -2.03. The number of nitrogens with one attached hydrogen (secondary N) is 1. The van der Waals surface area contributed by atoms with Gasteiger partial charge in [0, 0.05) is 13.1 Å². The van der Waals surface area contributed by atoms with E-state index in [2.05, 4.69) is 12.2 Å². The summed E-state index contributed by atoms with van der Waals surface area (Å²) in [6, 6.07) is 0. The summed E-state index contributed by atoms with van der Waals surface area (Å²) in [7, 11) is 0. The highest BCUT2D eigenvalue weighted by molar-refractivity contribution is 4.58. The Bertz CT molecular complexity index is 162. The second kappa shape index (κ2) is 20.9. The summed E-state index contributed by atoms with van der Waals surface area (Å²) in [6.45, 7) is 5.66. The quantitative estimate of drug-likeness (QED) is 0.280. The van der Waals surface area contributed by atoms with Crippen molar-refractivity contribution < 1.29 is 0 Å². The summed E-state index contributed by atoms with van der Waals surface area (Å²) >= 11 is 0.